The molecule has 1 N–H and O–H groups in total. The summed E-state index contributed by atoms with van der Waals surface area (Å²) in [6.07, 6.45) is 2.06. The first-order chi connectivity index (χ1) is 15.0. The molecule has 8 nitrogen and oxygen atoms in total. The van der Waals surface area contributed by atoms with Crippen LogP contribution in [-0.2, 0) is 4.74 Å². The average molecular weight is 451 g/mol. The minimum Gasteiger partial charge on any atom is -0.471 e. The predicted molar refractivity (Wildman–Crippen MR) is 110 cm³/mol. The molecule has 31 heavy (non-hydrogen) atoms. The number of halogens is 2. The van der Waals surface area contributed by atoms with E-state index in [1.165, 1.54) is 12.3 Å². The molecule has 1 atom stereocenters. The van der Waals surface area contributed by atoms with Gasteiger partial charge in [-0.25, -0.2) is 13.6 Å². The molecule has 1 aromatic carbocycles. The summed E-state index contributed by atoms with van der Waals surface area (Å²) in [7, 11) is 0. The number of aliphatic hydroxyl groups is 1. The van der Waals surface area contributed by atoms with Gasteiger partial charge in [0.2, 0.25) is 0 Å². The second-order valence-electron chi connectivity index (χ2n) is 7.03. The van der Waals surface area contributed by atoms with Crippen LogP contribution in [0.5, 0.6) is 5.88 Å². The summed E-state index contributed by atoms with van der Waals surface area (Å²) in [6.45, 7) is 0.674. The Kier molecular flexibility index (Phi) is 6.14. The zero-order valence-corrected chi connectivity index (χ0v) is 17.1. The summed E-state index contributed by atoms with van der Waals surface area (Å²) in [4.78, 5) is 15.5. The first-order valence-electron chi connectivity index (χ1n) is 9.54. The summed E-state index contributed by atoms with van der Waals surface area (Å²) in [5.74, 6) is -1.29. The van der Waals surface area contributed by atoms with Crippen LogP contribution in [0.2, 0.25) is 0 Å². The van der Waals surface area contributed by atoms with Gasteiger partial charge in [0.15, 0.2) is 6.10 Å². The van der Waals surface area contributed by atoms with Gasteiger partial charge >= 0.3 is 6.09 Å². The Morgan fingerprint density at radius 2 is 2.13 bits per heavy atom. The number of aliphatic hydroxyl groups excluding tert-OH is 1. The van der Waals surface area contributed by atoms with Crippen molar-refractivity contribution in [3.8, 4) is 5.88 Å². The quantitative estimate of drug-likeness (QED) is 0.671. The zero-order chi connectivity index (χ0) is 22.0. The molecule has 0 bridgehead atoms. The third-order valence-electron chi connectivity index (χ3n) is 5.06. The van der Waals surface area contributed by atoms with Crippen molar-refractivity contribution in [1.82, 2.24) is 10.1 Å². The summed E-state index contributed by atoms with van der Waals surface area (Å²) in [5.41, 5.74) is 0.449. The Morgan fingerprint density at radius 1 is 1.35 bits per heavy atom. The lowest BCUT2D eigenvalue weighted by molar-refractivity contribution is 0.102. The number of carbonyl (C=O) groups is 1. The van der Waals surface area contributed by atoms with Gasteiger partial charge in [-0.15, -0.1) is 0 Å². The first kappa shape index (κ1) is 21.2. The number of aromatic nitrogens is 1. The molecule has 1 fully saturated rings. The van der Waals surface area contributed by atoms with Gasteiger partial charge in [-0.05, 0) is 29.3 Å². The van der Waals surface area contributed by atoms with Crippen LogP contribution in [0, 0.1) is 11.6 Å². The minimum atomic E-state index is -0.769. The van der Waals surface area contributed by atoms with Gasteiger partial charge in [-0.3, -0.25) is 4.90 Å². The van der Waals surface area contributed by atoms with Crippen molar-refractivity contribution in [2.45, 2.75) is 12.5 Å². The van der Waals surface area contributed by atoms with E-state index in [9.17, 15) is 13.6 Å². The van der Waals surface area contributed by atoms with Crippen LogP contribution in [0.25, 0.3) is 5.57 Å². The number of hydrogen-bond donors (Lipinski definition) is 1. The molecule has 0 spiro atoms. The molecule has 0 aliphatic carbocycles. The molecule has 3 heterocycles. The van der Waals surface area contributed by atoms with E-state index >= 15 is 0 Å². The highest BCUT2D eigenvalue weighted by Crippen LogP contribution is 2.32. The third kappa shape index (κ3) is 4.52. The van der Waals surface area contributed by atoms with E-state index < -0.39 is 23.8 Å². The maximum Gasteiger partial charge on any atom is 0.414 e. The van der Waals surface area contributed by atoms with E-state index in [0.29, 0.717) is 30.1 Å². The molecular weight excluding hydrogens is 432 g/mol. The van der Waals surface area contributed by atoms with Gasteiger partial charge in [0, 0.05) is 24.7 Å². The summed E-state index contributed by atoms with van der Waals surface area (Å²) in [5, 5.41) is 12.7. The molecular formula is C20H19F2N3O5S. The lowest BCUT2D eigenvalue weighted by atomic mass is 9.97. The maximum absolute atomic E-state index is 14.8. The van der Waals surface area contributed by atoms with Crippen LogP contribution < -0.4 is 9.64 Å². The SMILES string of the molecule is O=C1O[C@@H](COc2ccon2)CN1c1cc(F)c(C2=CCN(C(=S)CO)CC2)c(F)c1. The molecule has 1 aromatic heterocycles. The van der Waals surface area contributed by atoms with Crippen LogP contribution in [0.4, 0.5) is 19.3 Å². The monoisotopic (exact) mass is 451 g/mol. The third-order valence-corrected chi connectivity index (χ3v) is 5.45. The number of ether oxygens (including phenoxy) is 2. The Morgan fingerprint density at radius 3 is 2.74 bits per heavy atom. The number of thiocarbonyl (C=S) groups is 1. The normalized spacial score (nSPS) is 18.7. The Labute approximate surface area is 181 Å². The maximum atomic E-state index is 14.8. The number of cyclic esters (lactones) is 1. The number of amides is 1. The second-order valence-corrected chi connectivity index (χ2v) is 7.50. The molecule has 2 aliphatic rings. The van der Waals surface area contributed by atoms with E-state index in [2.05, 4.69) is 9.68 Å². The lowest BCUT2D eigenvalue weighted by Gasteiger charge is -2.28. The van der Waals surface area contributed by atoms with Crippen LogP contribution in [0.15, 0.2) is 35.1 Å². The molecule has 0 radical (unpaired) electrons. The molecule has 11 heteroatoms. The number of nitrogens with zero attached hydrogens (tertiary/aromatic N) is 3. The van der Waals surface area contributed by atoms with E-state index in [1.807, 2.05) is 0 Å². The van der Waals surface area contributed by atoms with Crippen LogP contribution in [0.3, 0.4) is 0 Å². The van der Waals surface area contributed by atoms with Gasteiger partial charge in [-0.2, -0.15) is 0 Å². The summed E-state index contributed by atoms with van der Waals surface area (Å²) >= 11 is 5.06. The molecule has 1 saturated heterocycles. The van der Waals surface area contributed by atoms with Crippen LogP contribution in [0.1, 0.15) is 12.0 Å². The smallest absolute Gasteiger partial charge is 0.414 e. The van der Waals surface area contributed by atoms with Crippen molar-refractivity contribution >= 4 is 34.6 Å². The number of carbonyl (C=O) groups excluding carboxylic acids is 1. The Balaban J connectivity index is 1.46. The van der Waals surface area contributed by atoms with E-state index in [0.717, 1.165) is 17.0 Å². The van der Waals surface area contributed by atoms with Gasteiger partial charge < -0.3 is 24.0 Å². The van der Waals surface area contributed by atoms with E-state index in [1.54, 1.807) is 11.0 Å². The highest BCUT2D eigenvalue weighted by atomic mass is 32.1. The van der Waals surface area contributed by atoms with Gasteiger partial charge in [0.25, 0.3) is 5.88 Å². The number of anilines is 1. The van der Waals surface area contributed by atoms with Gasteiger partial charge in [-0.1, -0.05) is 18.3 Å². The van der Waals surface area contributed by atoms with Crippen molar-refractivity contribution in [2.24, 2.45) is 0 Å². The fourth-order valence-electron chi connectivity index (χ4n) is 3.52. The first-order valence-corrected chi connectivity index (χ1v) is 9.95. The van der Waals surface area contributed by atoms with Crippen molar-refractivity contribution in [1.29, 1.82) is 0 Å². The zero-order valence-electron chi connectivity index (χ0n) is 16.3. The highest BCUT2D eigenvalue weighted by Gasteiger charge is 2.34. The molecule has 1 amide bonds. The minimum absolute atomic E-state index is 0.0247. The lowest BCUT2D eigenvalue weighted by Crippen LogP contribution is -2.35. The molecule has 2 aliphatic heterocycles. The second kappa shape index (κ2) is 8.98. The molecule has 0 unspecified atom stereocenters. The van der Waals surface area contributed by atoms with E-state index in [4.69, 9.17) is 26.8 Å². The van der Waals surface area contributed by atoms with Crippen molar-refractivity contribution in [3.05, 3.63) is 47.7 Å². The fraction of sp³-hybridized carbons (Fsp3) is 0.350. The Hall–Kier alpha value is -3.05. The van der Waals surface area contributed by atoms with Gasteiger partial charge in [0.1, 0.15) is 29.5 Å². The largest absolute Gasteiger partial charge is 0.471 e. The fourth-order valence-corrected chi connectivity index (χ4v) is 3.68. The van der Waals surface area contributed by atoms with Gasteiger partial charge in [0.05, 0.1) is 18.8 Å². The topological polar surface area (TPSA) is 88.3 Å². The van der Waals surface area contributed by atoms with Crippen LogP contribution >= 0.6 is 12.2 Å². The number of rotatable bonds is 6. The Bertz CT molecular complexity index is 991. The standard InChI is InChI=1S/C20H19F2N3O5S/c21-15-7-13(25-9-14(30-20(25)27)11-28-17-3-6-29-23-17)8-16(22)19(15)12-1-4-24(5-2-12)18(31)10-26/h1,3,6-8,14,26H,2,4-5,9-11H2/t14-/m1/s1. The van der Waals surface area contributed by atoms with Crippen molar-refractivity contribution < 1.29 is 32.7 Å². The summed E-state index contributed by atoms with van der Waals surface area (Å²) in [6, 6.07) is 3.74. The molecule has 4 rings (SSSR count). The predicted octanol–water partition coefficient (Wildman–Crippen LogP) is 2.77. The average Bonchev–Trinajstić information content (AvgIpc) is 3.41. The molecule has 164 valence electrons. The number of benzene rings is 1. The number of hydrogen-bond acceptors (Lipinski definition) is 7. The highest BCUT2D eigenvalue weighted by molar-refractivity contribution is 7.80. The summed E-state index contributed by atoms with van der Waals surface area (Å²) < 4.78 is 44.9. The molecule has 2 aromatic rings. The van der Waals surface area contributed by atoms with E-state index in [-0.39, 0.29) is 36.9 Å². The molecule has 0 saturated carbocycles. The van der Waals surface area contributed by atoms with Crippen molar-refractivity contribution in [3.63, 3.8) is 0 Å². The van der Waals surface area contributed by atoms with Crippen molar-refractivity contribution in [2.75, 3.05) is 37.7 Å². The van der Waals surface area contributed by atoms with Crippen LogP contribution in [-0.4, -0.2) is 65.2 Å².